The molecule has 1 aliphatic heterocycles. The van der Waals surface area contributed by atoms with Crippen LogP contribution in [0.2, 0.25) is 0 Å². The van der Waals surface area contributed by atoms with E-state index in [4.69, 9.17) is 4.74 Å². The number of aromatic nitrogens is 3. The van der Waals surface area contributed by atoms with Gasteiger partial charge in [0.05, 0.1) is 18.7 Å². The molecule has 6 heteroatoms. The molecular formula is C18H18N4O2. The Morgan fingerprint density at radius 1 is 1.21 bits per heavy atom. The minimum absolute atomic E-state index is 0.00365. The lowest BCUT2D eigenvalue weighted by molar-refractivity contribution is -0.0930. The van der Waals surface area contributed by atoms with Crippen molar-refractivity contribution >= 4 is 11.6 Å². The normalized spacial score (nSPS) is 21.1. The zero-order valence-electron chi connectivity index (χ0n) is 13.4. The SMILES string of the molecule is CC1(c2ccccc2)CN(C(=O)c2ccc3nncn3c2)CCO1. The second-order valence-electron chi connectivity index (χ2n) is 6.19. The van der Waals surface area contributed by atoms with Gasteiger partial charge < -0.3 is 9.64 Å². The maximum atomic E-state index is 12.9. The highest BCUT2D eigenvalue weighted by molar-refractivity contribution is 5.94. The van der Waals surface area contributed by atoms with Crippen LogP contribution < -0.4 is 0 Å². The van der Waals surface area contributed by atoms with Crippen LogP contribution in [0.1, 0.15) is 22.8 Å². The topological polar surface area (TPSA) is 59.7 Å². The van der Waals surface area contributed by atoms with E-state index < -0.39 is 5.60 Å². The van der Waals surface area contributed by atoms with Gasteiger partial charge in [0.2, 0.25) is 0 Å². The van der Waals surface area contributed by atoms with Crippen molar-refractivity contribution in [1.82, 2.24) is 19.5 Å². The fourth-order valence-corrected chi connectivity index (χ4v) is 3.15. The maximum Gasteiger partial charge on any atom is 0.255 e. The second kappa shape index (κ2) is 5.72. The Kier molecular flexibility index (Phi) is 3.54. The number of benzene rings is 1. The summed E-state index contributed by atoms with van der Waals surface area (Å²) in [5.41, 5.74) is 1.94. The van der Waals surface area contributed by atoms with Crippen LogP contribution in [0.5, 0.6) is 0 Å². The van der Waals surface area contributed by atoms with Gasteiger partial charge in [-0.25, -0.2) is 0 Å². The van der Waals surface area contributed by atoms with Crippen LogP contribution in [-0.2, 0) is 10.3 Å². The molecular weight excluding hydrogens is 304 g/mol. The van der Waals surface area contributed by atoms with Gasteiger partial charge in [-0.15, -0.1) is 10.2 Å². The standard InChI is InChI=1S/C18H18N4O2/c1-18(15-5-3-2-4-6-15)12-21(9-10-24-18)17(23)14-7-8-16-20-19-13-22(16)11-14/h2-8,11,13H,9-10,12H2,1H3. The highest BCUT2D eigenvalue weighted by Gasteiger charge is 2.36. The van der Waals surface area contributed by atoms with Crippen molar-refractivity contribution in [2.75, 3.05) is 19.7 Å². The number of carbonyl (C=O) groups is 1. The summed E-state index contributed by atoms with van der Waals surface area (Å²) < 4.78 is 7.76. The number of nitrogens with zero attached hydrogens (tertiary/aromatic N) is 4. The lowest BCUT2D eigenvalue weighted by Gasteiger charge is -2.40. The lowest BCUT2D eigenvalue weighted by atomic mass is 9.93. The van der Waals surface area contributed by atoms with Gasteiger partial charge in [-0.2, -0.15) is 0 Å². The first-order valence-electron chi connectivity index (χ1n) is 7.94. The summed E-state index contributed by atoms with van der Waals surface area (Å²) in [5.74, 6) is -0.00365. The molecule has 3 aromatic rings. The van der Waals surface area contributed by atoms with Crippen LogP contribution in [-0.4, -0.2) is 45.1 Å². The molecule has 122 valence electrons. The molecule has 4 rings (SSSR count). The van der Waals surface area contributed by atoms with Gasteiger partial charge in [0.15, 0.2) is 5.65 Å². The zero-order chi connectivity index (χ0) is 16.6. The van der Waals surface area contributed by atoms with E-state index in [2.05, 4.69) is 10.2 Å². The van der Waals surface area contributed by atoms with Crippen molar-refractivity contribution in [1.29, 1.82) is 0 Å². The number of amides is 1. The summed E-state index contributed by atoms with van der Waals surface area (Å²) in [5, 5.41) is 7.81. The van der Waals surface area contributed by atoms with E-state index in [1.807, 2.05) is 42.2 Å². The molecule has 3 heterocycles. The maximum absolute atomic E-state index is 12.9. The Morgan fingerprint density at radius 3 is 2.88 bits per heavy atom. The zero-order valence-corrected chi connectivity index (χ0v) is 13.4. The summed E-state index contributed by atoms with van der Waals surface area (Å²) in [6.07, 6.45) is 3.37. The van der Waals surface area contributed by atoms with E-state index >= 15 is 0 Å². The molecule has 1 atom stereocenters. The van der Waals surface area contributed by atoms with Gasteiger partial charge in [-0.3, -0.25) is 9.20 Å². The number of fused-ring (bicyclic) bond motifs is 1. The van der Waals surface area contributed by atoms with E-state index in [1.165, 1.54) is 0 Å². The third-order valence-electron chi connectivity index (χ3n) is 4.48. The molecule has 1 fully saturated rings. The Labute approximate surface area is 139 Å². The fourth-order valence-electron chi connectivity index (χ4n) is 3.15. The Bertz CT molecular complexity index is 877. The van der Waals surface area contributed by atoms with Crippen LogP contribution in [0, 0.1) is 0 Å². The Hall–Kier alpha value is -2.73. The van der Waals surface area contributed by atoms with E-state index in [-0.39, 0.29) is 5.91 Å². The molecule has 1 aliphatic rings. The van der Waals surface area contributed by atoms with E-state index in [9.17, 15) is 4.79 Å². The molecule has 0 spiro atoms. The number of hydrogen-bond donors (Lipinski definition) is 0. The van der Waals surface area contributed by atoms with Gasteiger partial charge in [0.25, 0.3) is 5.91 Å². The first kappa shape index (κ1) is 14.8. The molecule has 24 heavy (non-hydrogen) atoms. The highest BCUT2D eigenvalue weighted by atomic mass is 16.5. The average molecular weight is 322 g/mol. The smallest absolute Gasteiger partial charge is 0.255 e. The van der Waals surface area contributed by atoms with Crippen molar-refractivity contribution in [3.8, 4) is 0 Å². The van der Waals surface area contributed by atoms with E-state index in [0.717, 1.165) is 11.2 Å². The van der Waals surface area contributed by atoms with Crippen molar-refractivity contribution in [2.45, 2.75) is 12.5 Å². The van der Waals surface area contributed by atoms with Crippen molar-refractivity contribution in [2.24, 2.45) is 0 Å². The number of ether oxygens (including phenoxy) is 1. The van der Waals surface area contributed by atoms with Crippen molar-refractivity contribution in [3.63, 3.8) is 0 Å². The third-order valence-corrected chi connectivity index (χ3v) is 4.48. The van der Waals surface area contributed by atoms with Crippen LogP contribution in [0.25, 0.3) is 5.65 Å². The number of pyridine rings is 1. The molecule has 1 unspecified atom stereocenters. The van der Waals surface area contributed by atoms with Gasteiger partial charge in [0.1, 0.15) is 11.9 Å². The predicted molar refractivity (Wildman–Crippen MR) is 88.6 cm³/mol. The van der Waals surface area contributed by atoms with Gasteiger partial charge in [-0.1, -0.05) is 30.3 Å². The van der Waals surface area contributed by atoms with Gasteiger partial charge in [-0.05, 0) is 24.6 Å². The van der Waals surface area contributed by atoms with Crippen LogP contribution in [0.4, 0.5) is 0 Å². The average Bonchev–Trinajstić information content (AvgIpc) is 3.09. The lowest BCUT2D eigenvalue weighted by Crippen LogP contribution is -2.50. The van der Waals surface area contributed by atoms with Gasteiger partial charge in [0, 0.05) is 12.7 Å². The molecule has 1 aromatic carbocycles. The third kappa shape index (κ3) is 2.55. The Balaban J connectivity index is 1.60. The fraction of sp³-hybridized carbons (Fsp3) is 0.278. The molecule has 0 radical (unpaired) electrons. The molecule has 0 N–H and O–H groups in total. The van der Waals surface area contributed by atoms with Crippen molar-refractivity contribution < 1.29 is 9.53 Å². The quantitative estimate of drug-likeness (QED) is 0.725. The van der Waals surface area contributed by atoms with Crippen LogP contribution >= 0.6 is 0 Å². The Morgan fingerprint density at radius 2 is 2.04 bits per heavy atom. The summed E-state index contributed by atoms with van der Waals surface area (Å²) in [7, 11) is 0. The van der Waals surface area contributed by atoms with E-state index in [1.54, 1.807) is 29.1 Å². The number of rotatable bonds is 2. The molecule has 0 saturated carbocycles. The molecule has 0 bridgehead atoms. The highest BCUT2D eigenvalue weighted by Crippen LogP contribution is 2.29. The minimum atomic E-state index is -0.490. The monoisotopic (exact) mass is 322 g/mol. The first-order chi connectivity index (χ1) is 11.7. The second-order valence-corrected chi connectivity index (χ2v) is 6.19. The molecule has 1 saturated heterocycles. The first-order valence-corrected chi connectivity index (χ1v) is 7.94. The van der Waals surface area contributed by atoms with E-state index in [0.29, 0.717) is 25.3 Å². The summed E-state index contributed by atoms with van der Waals surface area (Å²) in [6, 6.07) is 13.6. The molecule has 0 aliphatic carbocycles. The molecule has 2 aromatic heterocycles. The predicted octanol–water partition coefficient (Wildman–Crippen LogP) is 2.12. The molecule has 1 amide bonds. The van der Waals surface area contributed by atoms with Gasteiger partial charge >= 0.3 is 0 Å². The number of carbonyl (C=O) groups excluding carboxylic acids is 1. The summed E-state index contributed by atoms with van der Waals surface area (Å²) in [4.78, 5) is 14.7. The largest absolute Gasteiger partial charge is 0.367 e. The van der Waals surface area contributed by atoms with Crippen LogP contribution in [0.15, 0.2) is 55.0 Å². The molecule has 6 nitrogen and oxygen atoms in total. The van der Waals surface area contributed by atoms with Crippen LogP contribution in [0.3, 0.4) is 0 Å². The summed E-state index contributed by atoms with van der Waals surface area (Å²) in [6.45, 7) is 3.66. The number of hydrogen-bond acceptors (Lipinski definition) is 4. The summed E-state index contributed by atoms with van der Waals surface area (Å²) >= 11 is 0. The minimum Gasteiger partial charge on any atom is -0.367 e. The number of morpholine rings is 1. The van der Waals surface area contributed by atoms with Crippen molar-refractivity contribution in [3.05, 3.63) is 66.1 Å².